The first-order chi connectivity index (χ1) is 6.75. The van der Waals surface area contributed by atoms with E-state index in [1.54, 1.807) is 10.7 Å². The van der Waals surface area contributed by atoms with Gasteiger partial charge in [-0.05, 0) is 12.8 Å². The van der Waals surface area contributed by atoms with Crippen LogP contribution in [0.15, 0.2) is 6.07 Å². The number of carbonyl (C=O) groups excluding carboxylic acids is 1. The molecule has 2 aliphatic heterocycles. The van der Waals surface area contributed by atoms with Crippen LogP contribution in [0.3, 0.4) is 0 Å². The quantitative estimate of drug-likeness (QED) is 0.633. The minimum absolute atomic E-state index is 0.0861. The van der Waals surface area contributed by atoms with Crippen LogP contribution in [-0.2, 0) is 6.54 Å². The number of nitrogens with zero attached hydrogens (tertiary/aromatic N) is 3. The van der Waals surface area contributed by atoms with E-state index in [2.05, 4.69) is 5.10 Å². The lowest BCUT2D eigenvalue weighted by atomic mass is 10.2. The summed E-state index contributed by atoms with van der Waals surface area (Å²) in [6.45, 7) is 1.69. The molecule has 1 saturated heterocycles. The van der Waals surface area contributed by atoms with Crippen LogP contribution in [-0.4, -0.2) is 33.2 Å². The molecule has 2 N–H and O–H groups in total. The van der Waals surface area contributed by atoms with Gasteiger partial charge in [0.1, 0.15) is 11.5 Å². The van der Waals surface area contributed by atoms with Gasteiger partial charge in [-0.1, -0.05) is 0 Å². The van der Waals surface area contributed by atoms with Gasteiger partial charge in [-0.25, -0.2) is 0 Å². The summed E-state index contributed by atoms with van der Waals surface area (Å²) in [7, 11) is 0. The monoisotopic (exact) mass is 192 g/mol. The Morgan fingerprint density at radius 1 is 1.57 bits per heavy atom. The summed E-state index contributed by atoms with van der Waals surface area (Å²) in [6, 6.07) is 2.01. The molecule has 0 bridgehead atoms. The van der Waals surface area contributed by atoms with Crippen LogP contribution in [0.25, 0.3) is 0 Å². The molecule has 1 fully saturated rings. The summed E-state index contributed by atoms with van der Waals surface area (Å²) in [4.78, 5) is 13.9. The van der Waals surface area contributed by atoms with E-state index < -0.39 is 0 Å². The van der Waals surface area contributed by atoms with Crippen molar-refractivity contribution in [2.45, 2.75) is 25.4 Å². The molecule has 74 valence electrons. The van der Waals surface area contributed by atoms with Crippen molar-refractivity contribution in [2.75, 3.05) is 12.3 Å². The number of amides is 1. The number of nitrogen functional groups attached to an aromatic ring is 1. The third kappa shape index (κ3) is 0.893. The molecular weight excluding hydrogens is 180 g/mol. The van der Waals surface area contributed by atoms with Crippen LogP contribution in [0.4, 0.5) is 5.82 Å². The lowest BCUT2D eigenvalue weighted by Gasteiger charge is -2.29. The molecule has 5 heteroatoms. The van der Waals surface area contributed by atoms with Crippen molar-refractivity contribution in [2.24, 2.45) is 0 Å². The molecule has 0 aromatic carbocycles. The molecule has 0 saturated carbocycles. The van der Waals surface area contributed by atoms with E-state index in [-0.39, 0.29) is 5.91 Å². The molecule has 0 spiro atoms. The summed E-state index contributed by atoms with van der Waals surface area (Å²) >= 11 is 0. The number of rotatable bonds is 0. The zero-order valence-electron chi connectivity index (χ0n) is 7.81. The Balaban J connectivity index is 2.07. The van der Waals surface area contributed by atoms with Gasteiger partial charge in [-0.3, -0.25) is 9.48 Å². The van der Waals surface area contributed by atoms with Gasteiger partial charge >= 0.3 is 0 Å². The number of hydrogen-bond donors (Lipinski definition) is 1. The van der Waals surface area contributed by atoms with Gasteiger partial charge in [-0.2, -0.15) is 5.10 Å². The number of nitrogens with two attached hydrogens (primary N) is 1. The fraction of sp³-hybridized carbons (Fsp3) is 0.556. The maximum absolute atomic E-state index is 11.9. The first kappa shape index (κ1) is 7.84. The Bertz CT molecular complexity index is 398. The second-order valence-corrected chi connectivity index (χ2v) is 3.93. The van der Waals surface area contributed by atoms with Crippen molar-refractivity contribution in [3.8, 4) is 0 Å². The Hall–Kier alpha value is -1.52. The highest BCUT2D eigenvalue weighted by molar-refractivity contribution is 5.94. The Morgan fingerprint density at radius 3 is 3.29 bits per heavy atom. The predicted octanol–water partition coefficient (Wildman–Crippen LogP) is 0.0835. The second-order valence-electron chi connectivity index (χ2n) is 3.93. The summed E-state index contributed by atoms with van der Waals surface area (Å²) in [5, 5.41) is 4.11. The second kappa shape index (κ2) is 2.50. The number of hydrogen-bond acceptors (Lipinski definition) is 3. The Labute approximate surface area is 81.5 Å². The van der Waals surface area contributed by atoms with E-state index in [9.17, 15) is 4.79 Å². The average molecular weight is 192 g/mol. The summed E-state index contributed by atoms with van der Waals surface area (Å²) in [5.74, 6) is 0.525. The van der Waals surface area contributed by atoms with Crippen LogP contribution in [0.1, 0.15) is 23.3 Å². The lowest BCUT2D eigenvalue weighted by molar-refractivity contribution is 0.0660. The summed E-state index contributed by atoms with van der Waals surface area (Å²) in [5.41, 5.74) is 6.21. The number of carbonyl (C=O) groups is 1. The maximum atomic E-state index is 11.9. The number of anilines is 1. The van der Waals surface area contributed by atoms with Gasteiger partial charge in [0.05, 0.1) is 12.6 Å². The standard InChI is InChI=1S/C9H12N4O/c10-8-4-7-9(14)12-3-1-2-6(12)5-13(7)11-8/h4,6H,1-3,5H2,(H2,10,11)/t6-/m1/s1. The van der Waals surface area contributed by atoms with E-state index in [0.29, 0.717) is 17.6 Å². The van der Waals surface area contributed by atoms with E-state index in [1.807, 2.05) is 4.90 Å². The smallest absolute Gasteiger partial charge is 0.272 e. The molecule has 5 nitrogen and oxygen atoms in total. The molecule has 1 aromatic heterocycles. The van der Waals surface area contributed by atoms with E-state index in [4.69, 9.17) is 5.73 Å². The van der Waals surface area contributed by atoms with Crippen LogP contribution in [0, 0.1) is 0 Å². The normalized spacial score (nSPS) is 25.0. The molecule has 0 radical (unpaired) electrons. The first-order valence-corrected chi connectivity index (χ1v) is 4.90. The van der Waals surface area contributed by atoms with Gasteiger partial charge < -0.3 is 10.6 Å². The van der Waals surface area contributed by atoms with Crippen molar-refractivity contribution < 1.29 is 4.79 Å². The highest BCUT2D eigenvalue weighted by atomic mass is 16.2. The zero-order chi connectivity index (χ0) is 9.71. The average Bonchev–Trinajstić information content (AvgIpc) is 2.71. The van der Waals surface area contributed by atoms with Gasteiger partial charge in [0.25, 0.3) is 5.91 Å². The molecular formula is C9H12N4O. The highest BCUT2D eigenvalue weighted by Crippen LogP contribution is 2.26. The van der Waals surface area contributed by atoms with E-state index >= 15 is 0 Å². The van der Waals surface area contributed by atoms with E-state index in [1.165, 1.54) is 0 Å². The largest absolute Gasteiger partial charge is 0.382 e. The molecule has 14 heavy (non-hydrogen) atoms. The first-order valence-electron chi connectivity index (χ1n) is 4.90. The lowest BCUT2D eigenvalue weighted by Crippen LogP contribution is -2.44. The van der Waals surface area contributed by atoms with Crippen LogP contribution >= 0.6 is 0 Å². The molecule has 0 aliphatic carbocycles. The molecule has 1 amide bonds. The Kier molecular flexibility index (Phi) is 1.40. The molecule has 1 aromatic rings. The van der Waals surface area contributed by atoms with Gasteiger partial charge in [0.2, 0.25) is 0 Å². The van der Waals surface area contributed by atoms with Crippen molar-refractivity contribution in [1.82, 2.24) is 14.7 Å². The van der Waals surface area contributed by atoms with Crippen LogP contribution in [0.5, 0.6) is 0 Å². The minimum Gasteiger partial charge on any atom is -0.382 e. The number of fused-ring (bicyclic) bond motifs is 2. The third-order valence-corrected chi connectivity index (χ3v) is 3.04. The predicted molar refractivity (Wildman–Crippen MR) is 50.7 cm³/mol. The minimum atomic E-state index is 0.0861. The van der Waals surface area contributed by atoms with Crippen LogP contribution in [0.2, 0.25) is 0 Å². The number of aromatic nitrogens is 2. The molecule has 3 heterocycles. The third-order valence-electron chi connectivity index (χ3n) is 3.04. The highest BCUT2D eigenvalue weighted by Gasteiger charge is 2.36. The van der Waals surface area contributed by atoms with Gasteiger partial charge in [-0.15, -0.1) is 0 Å². The van der Waals surface area contributed by atoms with E-state index in [0.717, 1.165) is 25.9 Å². The zero-order valence-corrected chi connectivity index (χ0v) is 7.81. The fourth-order valence-corrected chi connectivity index (χ4v) is 2.39. The SMILES string of the molecule is Nc1cc2n(n1)C[C@H]1CCCN1C2=O. The van der Waals surface area contributed by atoms with Crippen molar-refractivity contribution in [1.29, 1.82) is 0 Å². The topological polar surface area (TPSA) is 64.2 Å². The molecule has 2 aliphatic rings. The maximum Gasteiger partial charge on any atom is 0.272 e. The van der Waals surface area contributed by atoms with Crippen LogP contribution < -0.4 is 5.73 Å². The molecule has 1 atom stereocenters. The summed E-state index contributed by atoms with van der Waals surface area (Å²) < 4.78 is 1.74. The van der Waals surface area contributed by atoms with Crippen molar-refractivity contribution >= 4 is 11.7 Å². The summed E-state index contributed by atoms with van der Waals surface area (Å²) in [6.07, 6.45) is 2.20. The molecule has 3 rings (SSSR count). The van der Waals surface area contributed by atoms with Crippen molar-refractivity contribution in [3.63, 3.8) is 0 Å². The van der Waals surface area contributed by atoms with Gasteiger partial charge in [0.15, 0.2) is 0 Å². The Morgan fingerprint density at radius 2 is 2.43 bits per heavy atom. The van der Waals surface area contributed by atoms with Gasteiger partial charge in [0, 0.05) is 12.6 Å². The molecule has 0 unspecified atom stereocenters. The van der Waals surface area contributed by atoms with Crippen molar-refractivity contribution in [3.05, 3.63) is 11.8 Å². The fourth-order valence-electron chi connectivity index (χ4n) is 2.39.